The molecule has 0 aliphatic heterocycles. The third kappa shape index (κ3) is 4.55. The number of carbonyl (C=O) groups is 1. The Hall–Kier alpha value is -4.37. The van der Waals surface area contributed by atoms with Crippen LogP contribution in [0, 0.1) is 6.92 Å². The topological polar surface area (TPSA) is 98.5 Å². The number of fused-ring (bicyclic) bond motifs is 1. The number of pyridine rings is 1. The standard InChI is InChI=1S/C25H19N5O3S/c1-16-5-2-3-8-20(16)27-22(31)15-33-19-7-4-6-17(13-19)14-21-24(32)30-25(34-21)28-23(29-30)18-9-11-26-12-10-18/h2-14H,15H2,1H3,(H,27,31)/b21-14-. The van der Waals surface area contributed by atoms with E-state index in [0.717, 1.165) is 22.4 Å². The number of amides is 1. The number of aryl methyl sites for hydroxylation is 1. The smallest absolute Gasteiger partial charge is 0.291 e. The molecule has 0 atom stereocenters. The van der Waals surface area contributed by atoms with Crippen LogP contribution in [0.25, 0.3) is 22.4 Å². The van der Waals surface area contributed by atoms with Crippen molar-refractivity contribution in [3.63, 3.8) is 0 Å². The van der Waals surface area contributed by atoms with Crippen LogP contribution < -0.4 is 20.1 Å². The number of carbonyl (C=O) groups excluding carboxylic acids is 1. The van der Waals surface area contributed by atoms with Crippen LogP contribution in [-0.4, -0.2) is 32.1 Å². The van der Waals surface area contributed by atoms with Crippen molar-refractivity contribution < 1.29 is 9.53 Å². The van der Waals surface area contributed by atoms with Gasteiger partial charge >= 0.3 is 0 Å². The van der Waals surface area contributed by atoms with Crippen LogP contribution in [0.5, 0.6) is 5.75 Å². The molecule has 8 nitrogen and oxygen atoms in total. The molecule has 2 aromatic carbocycles. The molecule has 0 fully saturated rings. The van der Waals surface area contributed by atoms with Crippen LogP contribution in [0.2, 0.25) is 0 Å². The summed E-state index contributed by atoms with van der Waals surface area (Å²) in [4.78, 5) is 34.0. The van der Waals surface area contributed by atoms with Gasteiger partial charge in [0.2, 0.25) is 4.96 Å². The van der Waals surface area contributed by atoms with Gasteiger partial charge in [-0.05, 0) is 54.5 Å². The number of para-hydroxylation sites is 1. The van der Waals surface area contributed by atoms with Crippen molar-refractivity contribution in [2.24, 2.45) is 0 Å². The second-order valence-corrected chi connectivity index (χ2v) is 8.51. The number of thiazole rings is 1. The first kappa shape index (κ1) is 21.5. The molecule has 5 aromatic rings. The second-order valence-electron chi connectivity index (χ2n) is 7.51. The zero-order valence-corrected chi connectivity index (χ0v) is 19.0. The number of aromatic nitrogens is 4. The van der Waals surface area contributed by atoms with Crippen molar-refractivity contribution in [2.75, 3.05) is 11.9 Å². The summed E-state index contributed by atoms with van der Waals surface area (Å²) in [6.07, 6.45) is 5.07. The molecular weight excluding hydrogens is 450 g/mol. The molecule has 0 unspecified atom stereocenters. The number of hydrogen-bond donors (Lipinski definition) is 1. The molecule has 0 saturated heterocycles. The van der Waals surface area contributed by atoms with Gasteiger partial charge in [-0.25, -0.2) is 0 Å². The fourth-order valence-corrected chi connectivity index (χ4v) is 4.26. The molecule has 3 aromatic heterocycles. The Balaban J connectivity index is 1.32. The maximum absolute atomic E-state index is 12.8. The zero-order valence-electron chi connectivity index (χ0n) is 18.1. The molecule has 0 radical (unpaired) electrons. The Bertz CT molecular complexity index is 1590. The number of nitrogens with one attached hydrogen (secondary N) is 1. The highest BCUT2D eigenvalue weighted by Crippen LogP contribution is 2.17. The van der Waals surface area contributed by atoms with Gasteiger partial charge in [-0.2, -0.15) is 9.50 Å². The number of ether oxygens (including phenoxy) is 1. The lowest BCUT2D eigenvalue weighted by atomic mass is 10.2. The van der Waals surface area contributed by atoms with Crippen molar-refractivity contribution >= 4 is 34.0 Å². The molecule has 0 spiro atoms. The summed E-state index contributed by atoms with van der Waals surface area (Å²) in [5.74, 6) is 0.762. The number of hydrogen-bond acceptors (Lipinski definition) is 7. The van der Waals surface area contributed by atoms with E-state index in [2.05, 4.69) is 20.4 Å². The van der Waals surface area contributed by atoms with Gasteiger partial charge in [-0.1, -0.05) is 41.7 Å². The summed E-state index contributed by atoms with van der Waals surface area (Å²) in [6.45, 7) is 1.80. The first-order valence-electron chi connectivity index (χ1n) is 10.5. The predicted octanol–water partition coefficient (Wildman–Crippen LogP) is 3.09. The monoisotopic (exact) mass is 469 g/mol. The molecule has 1 N–H and O–H groups in total. The summed E-state index contributed by atoms with van der Waals surface area (Å²) in [5.41, 5.74) is 3.06. The van der Waals surface area contributed by atoms with Crippen LogP contribution in [0.15, 0.2) is 77.9 Å². The van der Waals surface area contributed by atoms with Crippen molar-refractivity contribution in [1.82, 2.24) is 19.6 Å². The minimum atomic E-state index is -0.249. The number of rotatable bonds is 6. The Kier molecular flexibility index (Phi) is 5.84. The first-order chi connectivity index (χ1) is 16.6. The van der Waals surface area contributed by atoms with E-state index in [0.29, 0.717) is 21.1 Å². The SMILES string of the molecule is Cc1ccccc1NC(=O)COc1cccc(/C=c2\sc3nc(-c4ccncc4)nn3c2=O)c1. The van der Waals surface area contributed by atoms with E-state index in [9.17, 15) is 9.59 Å². The zero-order chi connectivity index (χ0) is 23.5. The Morgan fingerprint density at radius 2 is 1.94 bits per heavy atom. The third-order valence-electron chi connectivity index (χ3n) is 5.07. The Morgan fingerprint density at radius 1 is 1.12 bits per heavy atom. The van der Waals surface area contributed by atoms with Gasteiger partial charge in [0.15, 0.2) is 12.4 Å². The Morgan fingerprint density at radius 3 is 2.74 bits per heavy atom. The van der Waals surface area contributed by atoms with E-state index in [-0.39, 0.29) is 18.1 Å². The summed E-state index contributed by atoms with van der Waals surface area (Å²) >= 11 is 1.26. The van der Waals surface area contributed by atoms with Crippen LogP contribution in [-0.2, 0) is 4.79 Å². The van der Waals surface area contributed by atoms with E-state index in [1.165, 1.54) is 15.9 Å². The van der Waals surface area contributed by atoms with Gasteiger partial charge in [-0.15, -0.1) is 5.10 Å². The van der Waals surface area contributed by atoms with Crippen LogP contribution in [0.3, 0.4) is 0 Å². The van der Waals surface area contributed by atoms with Gasteiger partial charge in [-0.3, -0.25) is 14.6 Å². The molecule has 5 rings (SSSR count). The van der Waals surface area contributed by atoms with Gasteiger partial charge in [0, 0.05) is 23.6 Å². The molecule has 0 aliphatic carbocycles. The van der Waals surface area contributed by atoms with E-state index in [4.69, 9.17) is 4.74 Å². The van der Waals surface area contributed by atoms with Crippen molar-refractivity contribution in [3.05, 3.63) is 99.1 Å². The van der Waals surface area contributed by atoms with E-state index in [1.54, 1.807) is 42.7 Å². The van der Waals surface area contributed by atoms with Crippen molar-refractivity contribution in [3.8, 4) is 17.1 Å². The quantitative estimate of drug-likeness (QED) is 0.410. The van der Waals surface area contributed by atoms with E-state index < -0.39 is 0 Å². The lowest BCUT2D eigenvalue weighted by Gasteiger charge is -2.09. The van der Waals surface area contributed by atoms with Crippen molar-refractivity contribution in [1.29, 1.82) is 0 Å². The highest BCUT2D eigenvalue weighted by atomic mass is 32.1. The highest BCUT2D eigenvalue weighted by Gasteiger charge is 2.12. The lowest BCUT2D eigenvalue weighted by molar-refractivity contribution is -0.118. The second kappa shape index (κ2) is 9.24. The minimum Gasteiger partial charge on any atom is -0.484 e. The molecule has 3 heterocycles. The van der Waals surface area contributed by atoms with Crippen molar-refractivity contribution in [2.45, 2.75) is 6.92 Å². The average molecular weight is 470 g/mol. The molecule has 1 amide bonds. The first-order valence-corrected chi connectivity index (χ1v) is 11.3. The third-order valence-corrected chi connectivity index (χ3v) is 6.02. The van der Waals surface area contributed by atoms with Gasteiger partial charge in [0.1, 0.15) is 5.75 Å². The molecule has 9 heteroatoms. The fourth-order valence-electron chi connectivity index (χ4n) is 3.35. The molecule has 0 bridgehead atoms. The summed E-state index contributed by atoms with van der Waals surface area (Å²) in [5, 5.41) is 7.18. The van der Waals surface area contributed by atoms with Gasteiger partial charge < -0.3 is 10.1 Å². The van der Waals surface area contributed by atoms with Gasteiger partial charge in [0.05, 0.1) is 4.53 Å². The van der Waals surface area contributed by atoms with E-state index in [1.807, 2.05) is 43.3 Å². The summed E-state index contributed by atoms with van der Waals surface area (Å²) < 4.78 is 7.47. The number of anilines is 1. The molecule has 168 valence electrons. The molecular formula is C25H19N5O3S. The van der Waals surface area contributed by atoms with Gasteiger partial charge in [0.25, 0.3) is 11.5 Å². The normalized spacial score (nSPS) is 11.6. The minimum absolute atomic E-state index is 0.126. The number of nitrogens with zero attached hydrogens (tertiary/aromatic N) is 4. The average Bonchev–Trinajstić information content (AvgIpc) is 3.39. The number of benzene rings is 2. The van der Waals surface area contributed by atoms with E-state index >= 15 is 0 Å². The lowest BCUT2D eigenvalue weighted by Crippen LogP contribution is -2.23. The predicted molar refractivity (Wildman–Crippen MR) is 131 cm³/mol. The van der Waals surface area contributed by atoms with Crippen LogP contribution >= 0.6 is 11.3 Å². The maximum Gasteiger partial charge on any atom is 0.291 e. The van der Waals surface area contributed by atoms with Crippen LogP contribution in [0.1, 0.15) is 11.1 Å². The van der Waals surface area contributed by atoms with Crippen LogP contribution in [0.4, 0.5) is 5.69 Å². The molecule has 34 heavy (non-hydrogen) atoms. The summed E-state index contributed by atoms with van der Waals surface area (Å²) in [6, 6.07) is 18.4. The molecule has 0 saturated carbocycles. The Labute approximate surface area is 198 Å². The maximum atomic E-state index is 12.8. The molecule has 0 aliphatic rings. The fraction of sp³-hybridized carbons (Fsp3) is 0.0800. The largest absolute Gasteiger partial charge is 0.484 e. The highest BCUT2D eigenvalue weighted by molar-refractivity contribution is 7.15. The summed E-state index contributed by atoms with van der Waals surface area (Å²) in [7, 11) is 0.